The van der Waals surface area contributed by atoms with Crippen molar-refractivity contribution in [2.24, 2.45) is 7.05 Å². The van der Waals surface area contributed by atoms with Crippen LogP contribution in [0.2, 0.25) is 0 Å². The molecule has 9 aromatic carbocycles. The molecule has 5 unspecified atom stereocenters. The Morgan fingerprint density at radius 2 is 0.885 bits per heavy atom. The van der Waals surface area contributed by atoms with Gasteiger partial charge in [-0.2, -0.15) is 15.3 Å². The van der Waals surface area contributed by atoms with Gasteiger partial charge in [0, 0.05) is 115 Å². The van der Waals surface area contributed by atoms with Crippen LogP contribution in [0.1, 0.15) is 161 Å². The maximum Gasteiger partial charge on any atom is 0.328 e. The lowest BCUT2D eigenvalue weighted by molar-refractivity contribution is -0.132. The minimum atomic E-state index is -1.18. The summed E-state index contributed by atoms with van der Waals surface area (Å²) in [6.07, 6.45) is 25.9. The summed E-state index contributed by atoms with van der Waals surface area (Å²) >= 11 is 0. The number of halogens is 4. The van der Waals surface area contributed by atoms with Gasteiger partial charge in [-0.15, -0.1) is 0 Å². The molecule has 12 aromatic rings. The molecule has 3 N–H and O–H groups in total. The van der Waals surface area contributed by atoms with Crippen LogP contribution in [0.5, 0.6) is 0 Å². The molecule has 19 heteroatoms. The molecule has 0 spiro atoms. The Bertz CT molecular complexity index is 5600. The van der Waals surface area contributed by atoms with E-state index in [-0.39, 0.29) is 46.9 Å². The lowest BCUT2D eigenvalue weighted by atomic mass is 9.83. The lowest BCUT2D eigenvalue weighted by Gasteiger charge is -2.44. The third-order valence-electron chi connectivity index (χ3n) is 22.2. The average molecular weight is 1510 g/mol. The van der Waals surface area contributed by atoms with Crippen LogP contribution in [0.3, 0.4) is 0 Å². The van der Waals surface area contributed by atoms with E-state index in [1.165, 1.54) is 65.4 Å². The maximum absolute atomic E-state index is 15.8. The van der Waals surface area contributed by atoms with Crippen molar-refractivity contribution < 1.29 is 47.3 Å². The molecule has 113 heavy (non-hydrogen) atoms. The molecule has 15 nitrogen and oxygen atoms in total. The van der Waals surface area contributed by atoms with Crippen LogP contribution in [0.4, 0.5) is 34.6 Å². The zero-order chi connectivity index (χ0) is 78.7. The molecular weight excluding hydrogens is 1430 g/mol. The molecule has 0 bridgehead atoms. The Labute approximate surface area is 654 Å². The Balaban J connectivity index is 0.000000134. The lowest BCUT2D eigenvalue weighted by Crippen LogP contribution is -2.43. The molecule has 3 aliphatic heterocycles. The summed E-state index contributed by atoms with van der Waals surface area (Å²) in [6.45, 7) is 10.8. The SMILES string of the molecule is CCn1cc(-c2ccc3c(c2)CC(C)N(c2ccc(C4CC4)c(F)c2)C3c2ccc(/C=C/C(=O)O)cc2)cn1.CCn1cc(-c2ccc3c(c2)CC(C)N(c2ccc(C4CC4)cc2)C3c2ccc(/C=C/C(=O)O)cc2F)cn1.Cn1cc(-c2ccc3c(c2)CCN(c2ccccc2)C3c2c(F)cc(/C=C/C(=O)O)cc2F)cn1. The molecule has 0 radical (unpaired) electrons. The van der Waals surface area contributed by atoms with Crippen LogP contribution >= 0.6 is 0 Å². The van der Waals surface area contributed by atoms with E-state index in [0.29, 0.717) is 29.5 Å². The number of carboxylic acids is 3. The molecule has 2 fully saturated rings. The van der Waals surface area contributed by atoms with Crippen molar-refractivity contribution >= 4 is 53.2 Å². The summed E-state index contributed by atoms with van der Waals surface area (Å²) in [4.78, 5) is 39.5. The van der Waals surface area contributed by atoms with E-state index in [4.69, 9.17) is 15.3 Å². The smallest absolute Gasteiger partial charge is 0.328 e. The third kappa shape index (κ3) is 16.7. The second kappa shape index (κ2) is 32.7. The molecule has 5 aliphatic rings. The van der Waals surface area contributed by atoms with E-state index < -0.39 is 35.6 Å². The molecular formula is C94H87F4N9O6. The molecule has 572 valence electrons. The van der Waals surface area contributed by atoms with Crippen molar-refractivity contribution in [3.05, 3.63) is 339 Å². The van der Waals surface area contributed by atoms with Crippen LogP contribution in [0.15, 0.2) is 237 Å². The van der Waals surface area contributed by atoms with E-state index in [9.17, 15) is 14.4 Å². The number of fused-ring (bicyclic) bond motifs is 3. The summed E-state index contributed by atoms with van der Waals surface area (Å²) in [7, 11) is 1.86. The number of anilines is 3. The van der Waals surface area contributed by atoms with Crippen LogP contribution in [-0.4, -0.2) is 81.2 Å². The Hall–Kier alpha value is -12.6. The first-order valence-corrected chi connectivity index (χ1v) is 38.5. The fourth-order valence-corrected chi connectivity index (χ4v) is 16.4. The number of hydrogen-bond donors (Lipinski definition) is 3. The highest BCUT2D eigenvalue weighted by Crippen LogP contribution is 2.49. The van der Waals surface area contributed by atoms with Crippen LogP contribution in [0, 0.1) is 23.3 Å². The number of hydrogen-bond acceptors (Lipinski definition) is 9. The Morgan fingerprint density at radius 1 is 0.425 bits per heavy atom. The molecule has 0 saturated heterocycles. The minimum Gasteiger partial charge on any atom is -0.478 e. The predicted octanol–water partition coefficient (Wildman–Crippen LogP) is 20.1. The van der Waals surface area contributed by atoms with E-state index in [2.05, 4.69) is 150 Å². The number of carbonyl (C=O) groups is 3. The topological polar surface area (TPSA) is 175 Å². The van der Waals surface area contributed by atoms with Crippen molar-refractivity contribution in [2.75, 3.05) is 21.2 Å². The monoisotopic (exact) mass is 1510 g/mol. The van der Waals surface area contributed by atoms with Gasteiger partial charge in [0.15, 0.2) is 0 Å². The van der Waals surface area contributed by atoms with Gasteiger partial charge in [0.25, 0.3) is 0 Å². The fourth-order valence-electron chi connectivity index (χ4n) is 16.4. The number of aromatic nitrogens is 6. The average Bonchev–Trinajstić information content (AvgIpc) is 0.821. The maximum atomic E-state index is 15.8. The van der Waals surface area contributed by atoms with Crippen molar-refractivity contribution in [3.8, 4) is 33.4 Å². The van der Waals surface area contributed by atoms with Gasteiger partial charge < -0.3 is 30.0 Å². The molecule has 2 saturated carbocycles. The zero-order valence-electron chi connectivity index (χ0n) is 63.5. The normalized spacial score (nSPS) is 17.8. The number of rotatable bonds is 19. The number of aliphatic carboxylic acids is 3. The van der Waals surface area contributed by atoms with Crippen LogP contribution in [0.25, 0.3) is 51.6 Å². The van der Waals surface area contributed by atoms with Gasteiger partial charge in [-0.25, -0.2) is 31.9 Å². The third-order valence-corrected chi connectivity index (χ3v) is 22.2. The van der Waals surface area contributed by atoms with Gasteiger partial charge in [0.1, 0.15) is 23.3 Å². The highest BCUT2D eigenvalue weighted by Gasteiger charge is 2.39. The van der Waals surface area contributed by atoms with Gasteiger partial charge in [0.2, 0.25) is 0 Å². The first-order chi connectivity index (χ1) is 54.7. The van der Waals surface area contributed by atoms with E-state index in [1.807, 2.05) is 101 Å². The van der Waals surface area contributed by atoms with Crippen LogP contribution < -0.4 is 14.7 Å². The molecule has 5 atom stereocenters. The highest BCUT2D eigenvalue weighted by atomic mass is 19.1. The van der Waals surface area contributed by atoms with E-state index in [0.717, 1.165) is 147 Å². The first kappa shape index (κ1) is 75.8. The number of carboxylic acid groups (broad SMARTS) is 3. The highest BCUT2D eigenvalue weighted by molar-refractivity contribution is 5.87. The predicted molar refractivity (Wildman–Crippen MR) is 436 cm³/mol. The number of nitrogens with zero attached hydrogens (tertiary/aromatic N) is 9. The zero-order valence-corrected chi connectivity index (χ0v) is 63.5. The molecule has 3 aromatic heterocycles. The van der Waals surface area contributed by atoms with Gasteiger partial charge in [-0.1, -0.05) is 127 Å². The van der Waals surface area contributed by atoms with Crippen molar-refractivity contribution in [1.82, 2.24) is 29.3 Å². The molecule has 0 amide bonds. The second-order valence-corrected chi connectivity index (χ2v) is 29.9. The summed E-state index contributed by atoms with van der Waals surface area (Å²) in [5.74, 6) is -4.09. The number of para-hydroxylation sites is 1. The van der Waals surface area contributed by atoms with Crippen molar-refractivity contribution in [1.29, 1.82) is 0 Å². The van der Waals surface area contributed by atoms with Crippen molar-refractivity contribution in [2.45, 2.75) is 128 Å². The fraction of sp³-hybridized carbons (Fsp3) is 0.234. The van der Waals surface area contributed by atoms with Crippen LogP contribution in [-0.2, 0) is 53.8 Å². The van der Waals surface area contributed by atoms with E-state index >= 15 is 17.6 Å². The summed E-state index contributed by atoms with van der Waals surface area (Å²) in [6, 6.07) is 57.7. The standard InChI is InChI=1S/2C33H32FN3O2.C28H23F2N3O2/c1-3-36-20-27(19-35-36)25-10-14-29-26(18-25)16-21(2)37(28-11-8-24(9-12-28)23-6-7-23)33(29)30-13-4-22(17-31(30)34)5-15-32(38)39;1-3-36-20-27(19-35-36)25-11-13-30-26(17-25)16-21(2)37(28-12-14-29(23-9-10-23)31(34)18-28)33(30)24-7-4-22(5-8-24)6-15-32(38)39;1-32-17-21(16-31-32)19-8-9-23-20(15-19)11-12-33(22-5-3-2-4-6-22)28(23)27-24(29)13-18(14-25(27)30)7-10-26(34)35/h4-5,8-15,17-21,23,33H,3,6-7,16H2,1-2H3,(H,38,39);4-8,11-15,17-21,23,33H,3,9-10,16H2,1-2H3,(H,38,39);2-10,13-17,28H,11-12H2,1H3,(H,34,35)/b15-5+;15-6+;10-7+. The summed E-state index contributed by atoms with van der Waals surface area (Å²) in [5.41, 5.74) is 21.1. The quantitative estimate of drug-likeness (QED) is 0.0517. The Kier molecular flexibility index (Phi) is 21.9. The van der Waals surface area contributed by atoms with Gasteiger partial charge in [0.05, 0.1) is 42.3 Å². The van der Waals surface area contributed by atoms with Gasteiger partial charge in [-0.3, -0.25) is 14.0 Å². The van der Waals surface area contributed by atoms with E-state index in [1.54, 1.807) is 35.2 Å². The summed E-state index contributed by atoms with van der Waals surface area (Å²) in [5, 5.41) is 40.0. The first-order valence-electron chi connectivity index (χ1n) is 38.5. The minimum absolute atomic E-state index is 0.0589. The number of benzene rings is 9. The largest absolute Gasteiger partial charge is 0.478 e. The van der Waals surface area contributed by atoms with Crippen molar-refractivity contribution in [3.63, 3.8) is 0 Å². The van der Waals surface area contributed by atoms with Gasteiger partial charge in [-0.05, 0) is 241 Å². The molecule has 17 rings (SSSR count). The molecule has 6 heterocycles. The Morgan fingerprint density at radius 3 is 1.41 bits per heavy atom. The summed E-state index contributed by atoms with van der Waals surface area (Å²) < 4.78 is 67.6. The number of aryl methyl sites for hydroxylation is 3. The second-order valence-electron chi connectivity index (χ2n) is 29.9. The van der Waals surface area contributed by atoms with Gasteiger partial charge >= 0.3 is 17.9 Å². The molecule has 2 aliphatic carbocycles.